The van der Waals surface area contributed by atoms with Gasteiger partial charge in [-0.1, -0.05) is 0 Å². The average molecular weight is 238 g/mol. The van der Waals surface area contributed by atoms with Crippen LogP contribution in [0.15, 0.2) is 24.3 Å². The third-order valence-electron chi connectivity index (χ3n) is 2.00. The molecule has 0 bridgehead atoms. The number of nitrogens with two attached hydrogens (primary N) is 1. The SMILES string of the molecule is CCOc1ccc(OC(=O)NCCCN)cc1. The molecule has 0 saturated carbocycles. The molecule has 0 saturated heterocycles. The second kappa shape index (κ2) is 7.51. The fourth-order valence-electron chi connectivity index (χ4n) is 1.21. The van der Waals surface area contributed by atoms with E-state index in [2.05, 4.69) is 5.32 Å². The van der Waals surface area contributed by atoms with Gasteiger partial charge in [0.15, 0.2) is 0 Å². The highest BCUT2D eigenvalue weighted by Crippen LogP contribution is 2.17. The quantitative estimate of drug-likeness (QED) is 0.737. The first-order valence-corrected chi connectivity index (χ1v) is 5.65. The first-order valence-electron chi connectivity index (χ1n) is 5.65. The maximum atomic E-state index is 11.3. The highest BCUT2D eigenvalue weighted by Gasteiger charge is 2.03. The van der Waals surface area contributed by atoms with Crippen molar-refractivity contribution in [3.05, 3.63) is 24.3 Å². The molecular weight excluding hydrogens is 220 g/mol. The van der Waals surface area contributed by atoms with Crippen molar-refractivity contribution in [1.82, 2.24) is 5.32 Å². The third kappa shape index (κ3) is 5.21. The molecule has 3 N–H and O–H groups in total. The minimum absolute atomic E-state index is 0.470. The summed E-state index contributed by atoms with van der Waals surface area (Å²) in [7, 11) is 0. The molecule has 1 rings (SSSR count). The van der Waals surface area contributed by atoms with Gasteiger partial charge >= 0.3 is 6.09 Å². The number of amides is 1. The van der Waals surface area contributed by atoms with Crippen molar-refractivity contribution < 1.29 is 14.3 Å². The van der Waals surface area contributed by atoms with E-state index in [1.165, 1.54) is 0 Å². The van der Waals surface area contributed by atoms with Crippen LogP contribution in [-0.4, -0.2) is 25.8 Å². The predicted octanol–water partition coefficient (Wildman–Crippen LogP) is 1.52. The number of carbonyl (C=O) groups is 1. The summed E-state index contributed by atoms with van der Waals surface area (Å²) < 4.78 is 10.3. The molecule has 94 valence electrons. The van der Waals surface area contributed by atoms with E-state index in [4.69, 9.17) is 15.2 Å². The monoisotopic (exact) mass is 238 g/mol. The molecule has 0 radical (unpaired) electrons. The summed E-state index contributed by atoms with van der Waals surface area (Å²) in [6, 6.07) is 6.89. The van der Waals surface area contributed by atoms with Crippen molar-refractivity contribution in [2.24, 2.45) is 5.73 Å². The summed E-state index contributed by atoms with van der Waals surface area (Å²) in [6.07, 6.45) is 0.265. The van der Waals surface area contributed by atoms with Crippen molar-refractivity contribution in [3.8, 4) is 11.5 Å². The van der Waals surface area contributed by atoms with Gasteiger partial charge in [0.25, 0.3) is 0 Å². The van der Waals surface area contributed by atoms with Crippen LogP contribution >= 0.6 is 0 Å². The van der Waals surface area contributed by atoms with Crippen LogP contribution in [0.5, 0.6) is 11.5 Å². The van der Waals surface area contributed by atoms with Crippen molar-refractivity contribution in [1.29, 1.82) is 0 Å². The Kier molecular flexibility index (Phi) is 5.88. The van der Waals surface area contributed by atoms with Gasteiger partial charge in [0, 0.05) is 6.54 Å². The Morgan fingerprint density at radius 3 is 2.53 bits per heavy atom. The number of hydrogen-bond donors (Lipinski definition) is 2. The Morgan fingerprint density at radius 1 is 1.29 bits per heavy atom. The van der Waals surface area contributed by atoms with Gasteiger partial charge in [0.2, 0.25) is 0 Å². The minimum Gasteiger partial charge on any atom is -0.494 e. The smallest absolute Gasteiger partial charge is 0.412 e. The molecule has 0 atom stereocenters. The topological polar surface area (TPSA) is 73.6 Å². The lowest BCUT2D eigenvalue weighted by Gasteiger charge is -2.07. The molecule has 5 nitrogen and oxygen atoms in total. The lowest BCUT2D eigenvalue weighted by atomic mass is 10.3. The third-order valence-corrected chi connectivity index (χ3v) is 2.00. The Hall–Kier alpha value is -1.75. The van der Waals surface area contributed by atoms with Crippen LogP contribution in [0, 0.1) is 0 Å². The second-order valence-electron chi connectivity index (χ2n) is 3.36. The van der Waals surface area contributed by atoms with Crippen molar-refractivity contribution in [2.45, 2.75) is 13.3 Å². The van der Waals surface area contributed by atoms with E-state index in [1.54, 1.807) is 24.3 Å². The van der Waals surface area contributed by atoms with E-state index in [0.29, 0.717) is 25.4 Å². The van der Waals surface area contributed by atoms with Gasteiger partial charge in [0.1, 0.15) is 11.5 Å². The number of rotatable bonds is 6. The van der Waals surface area contributed by atoms with Crippen LogP contribution in [0.1, 0.15) is 13.3 Å². The summed E-state index contributed by atoms with van der Waals surface area (Å²) in [6.45, 7) is 3.59. The van der Waals surface area contributed by atoms with Crippen LogP contribution in [0.25, 0.3) is 0 Å². The fraction of sp³-hybridized carbons (Fsp3) is 0.417. The fourth-order valence-corrected chi connectivity index (χ4v) is 1.21. The normalized spacial score (nSPS) is 9.76. The molecular formula is C12H18N2O3. The van der Waals surface area contributed by atoms with Crippen molar-refractivity contribution in [2.75, 3.05) is 19.7 Å². The van der Waals surface area contributed by atoms with Crippen LogP contribution in [-0.2, 0) is 0 Å². The summed E-state index contributed by atoms with van der Waals surface area (Å²) in [5.74, 6) is 1.24. The van der Waals surface area contributed by atoms with Crippen LogP contribution < -0.4 is 20.5 Å². The Bertz CT molecular complexity index is 338. The highest BCUT2D eigenvalue weighted by molar-refractivity contribution is 5.70. The number of ether oxygens (including phenoxy) is 2. The molecule has 0 heterocycles. The molecule has 0 spiro atoms. The molecule has 0 unspecified atom stereocenters. The van der Waals surface area contributed by atoms with E-state index < -0.39 is 6.09 Å². The van der Waals surface area contributed by atoms with Crippen LogP contribution in [0.4, 0.5) is 4.79 Å². The molecule has 0 fully saturated rings. The summed E-state index contributed by atoms with van der Waals surface area (Å²) >= 11 is 0. The highest BCUT2D eigenvalue weighted by atomic mass is 16.6. The van der Waals surface area contributed by atoms with E-state index in [0.717, 1.165) is 12.2 Å². The van der Waals surface area contributed by atoms with Gasteiger partial charge in [-0.05, 0) is 44.2 Å². The van der Waals surface area contributed by atoms with Crippen molar-refractivity contribution >= 4 is 6.09 Å². The van der Waals surface area contributed by atoms with Gasteiger partial charge in [-0.15, -0.1) is 0 Å². The summed E-state index contributed by atoms with van der Waals surface area (Å²) in [4.78, 5) is 11.3. The van der Waals surface area contributed by atoms with E-state index in [-0.39, 0.29) is 0 Å². The first kappa shape index (κ1) is 13.3. The van der Waals surface area contributed by atoms with E-state index in [9.17, 15) is 4.79 Å². The van der Waals surface area contributed by atoms with Crippen LogP contribution in [0.2, 0.25) is 0 Å². The molecule has 17 heavy (non-hydrogen) atoms. The molecule has 0 aliphatic rings. The number of nitrogens with one attached hydrogen (secondary N) is 1. The maximum Gasteiger partial charge on any atom is 0.412 e. The van der Waals surface area contributed by atoms with E-state index in [1.807, 2.05) is 6.92 Å². The van der Waals surface area contributed by atoms with Crippen LogP contribution in [0.3, 0.4) is 0 Å². The predicted molar refractivity (Wildman–Crippen MR) is 65.3 cm³/mol. The summed E-state index contributed by atoms with van der Waals surface area (Å²) in [5, 5.41) is 2.60. The van der Waals surface area contributed by atoms with Gasteiger partial charge < -0.3 is 20.5 Å². The van der Waals surface area contributed by atoms with Gasteiger partial charge in [-0.25, -0.2) is 4.79 Å². The molecule has 0 aromatic heterocycles. The Balaban J connectivity index is 2.37. The standard InChI is InChI=1S/C12H18N2O3/c1-2-16-10-4-6-11(7-5-10)17-12(15)14-9-3-8-13/h4-7H,2-3,8-9,13H2,1H3,(H,14,15). The van der Waals surface area contributed by atoms with Gasteiger partial charge in [-0.2, -0.15) is 0 Å². The van der Waals surface area contributed by atoms with Gasteiger partial charge in [0.05, 0.1) is 6.61 Å². The zero-order valence-electron chi connectivity index (χ0n) is 9.94. The maximum absolute atomic E-state index is 11.3. The molecule has 1 amide bonds. The molecule has 1 aromatic rings. The lowest BCUT2D eigenvalue weighted by molar-refractivity contribution is 0.200. The summed E-state index contributed by atoms with van der Waals surface area (Å²) in [5.41, 5.74) is 5.31. The zero-order valence-corrected chi connectivity index (χ0v) is 9.94. The van der Waals surface area contributed by atoms with E-state index >= 15 is 0 Å². The molecule has 5 heteroatoms. The number of benzene rings is 1. The second-order valence-corrected chi connectivity index (χ2v) is 3.36. The Labute approximate surface area is 101 Å². The minimum atomic E-state index is -0.470. The zero-order chi connectivity index (χ0) is 12.5. The number of carbonyl (C=O) groups excluding carboxylic acids is 1. The first-order chi connectivity index (χ1) is 8.26. The molecule has 1 aromatic carbocycles. The van der Waals surface area contributed by atoms with Gasteiger partial charge in [-0.3, -0.25) is 0 Å². The molecule has 0 aliphatic carbocycles. The largest absolute Gasteiger partial charge is 0.494 e. The number of hydrogen-bond acceptors (Lipinski definition) is 4. The Morgan fingerprint density at radius 2 is 1.94 bits per heavy atom. The lowest BCUT2D eigenvalue weighted by Crippen LogP contribution is -2.28. The molecule has 0 aliphatic heterocycles. The average Bonchev–Trinajstić information content (AvgIpc) is 2.32. The van der Waals surface area contributed by atoms with Crippen molar-refractivity contribution in [3.63, 3.8) is 0 Å².